The Morgan fingerprint density at radius 3 is 2.77 bits per heavy atom. The number of allylic oxidation sites excluding steroid dienone is 2. The number of nitrogens with zero attached hydrogens (tertiary/aromatic N) is 3. The van der Waals surface area contributed by atoms with Crippen molar-refractivity contribution in [2.45, 2.75) is 38.3 Å². The molecule has 1 aromatic carbocycles. The van der Waals surface area contributed by atoms with Crippen molar-refractivity contribution in [1.29, 1.82) is 0 Å². The Morgan fingerprint density at radius 1 is 1.23 bits per heavy atom. The minimum absolute atomic E-state index is 0.250. The second-order valence-electron chi connectivity index (χ2n) is 8.48. The number of fused-ring (bicyclic) bond motifs is 1. The van der Waals surface area contributed by atoms with Gasteiger partial charge in [-0.2, -0.15) is 0 Å². The first-order valence-corrected chi connectivity index (χ1v) is 11.3. The Hall–Kier alpha value is -2.64. The van der Waals surface area contributed by atoms with Crippen LogP contribution in [0.5, 0.6) is 0 Å². The SMILES string of the molecule is CC(C)C1CN(C2=CNC3C=CC=CC3N2)CCN1C(N=CN)Nc1cccc(Cl)c1. The van der Waals surface area contributed by atoms with Gasteiger partial charge in [0, 0.05) is 42.6 Å². The lowest BCUT2D eigenvalue weighted by atomic mass is 9.98. The molecule has 4 atom stereocenters. The third-order valence-corrected chi connectivity index (χ3v) is 6.33. The van der Waals surface area contributed by atoms with E-state index in [-0.39, 0.29) is 12.3 Å². The van der Waals surface area contributed by atoms with Crippen molar-refractivity contribution < 1.29 is 0 Å². The lowest BCUT2D eigenvalue weighted by molar-refractivity contribution is 0.0383. The summed E-state index contributed by atoms with van der Waals surface area (Å²) in [6.07, 6.45) is 11.8. The summed E-state index contributed by atoms with van der Waals surface area (Å²) in [4.78, 5) is 9.37. The second-order valence-corrected chi connectivity index (χ2v) is 8.92. The van der Waals surface area contributed by atoms with Crippen molar-refractivity contribution in [2.75, 3.05) is 25.0 Å². The Kier molecular flexibility index (Phi) is 6.73. The first kappa shape index (κ1) is 21.6. The van der Waals surface area contributed by atoms with Gasteiger partial charge in [0.1, 0.15) is 5.82 Å². The number of piperazine rings is 1. The number of nitrogens with two attached hydrogens (primary N) is 1. The highest BCUT2D eigenvalue weighted by Gasteiger charge is 2.36. The van der Waals surface area contributed by atoms with E-state index in [9.17, 15) is 0 Å². The first-order valence-electron chi connectivity index (χ1n) is 10.9. The lowest BCUT2D eigenvalue weighted by Crippen LogP contribution is -2.62. The Labute approximate surface area is 189 Å². The number of benzene rings is 1. The van der Waals surface area contributed by atoms with E-state index in [2.05, 4.69) is 75.1 Å². The van der Waals surface area contributed by atoms with Crippen LogP contribution in [0.25, 0.3) is 0 Å². The van der Waals surface area contributed by atoms with E-state index in [1.807, 2.05) is 24.3 Å². The molecule has 3 aliphatic rings. The van der Waals surface area contributed by atoms with Gasteiger partial charge >= 0.3 is 0 Å². The minimum Gasteiger partial charge on any atom is -0.390 e. The van der Waals surface area contributed by atoms with Crippen LogP contribution in [0.15, 0.2) is 65.6 Å². The molecule has 1 aromatic rings. The highest BCUT2D eigenvalue weighted by Crippen LogP contribution is 2.25. The highest BCUT2D eigenvalue weighted by atomic mass is 35.5. The summed E-state index contributed by atoms with van der Waals surface area (Å²) in [5, 5.41) is 11.4. The van der Waals surface area contributed by atoms with Crippen LogP contribution >= 0.6 is 11.6 Å². The maximum absolute atomic E-state index is 6.17. The van der Waals surface area contributed by atoms with E-state index in [4.69, 9.17) is 17.3 Å². The van der Waals surface area contributed by atoms with Gasteiger partial charge in [-0.15, -0.1) is 0 Å². The summed E-state index contributed by atoms with van der Waals surface area (Å²) < 4.78 is 0. The molecule has 1 aliphatic carbocycles. The predicted molar refractivity (Wildman–Crippen MR) is 129 cm³/mol. The van der Waals surface area contributed by atoms with Gasteiger partial charge in [-0.3, -0.25) is 4.90 Å². The summed E-state index contributed by atoms with van der Waals surface area (Å²) in [6.45, 7) is 7.18. The molecule has 0 radical (unpaired) electrons. The molecule has 5 N–H and O–H groups in total. The maximum Gasteiger partial charge on any atom is 0.178 e. The van der Waals surface area contributed by atoms with Crippen LogP contribution in [0.2, 0.25) is 5.02 Å². The van der Waals surface area contributed by atoms with Crippen LogP contribution in [0.3, 0.4) is 0 Å². The fourth-order valence-electron chi connectivity index (χ4n) is 4.43. The first-order chi connectivity index (χ1) is 15.0. The minimum atomic E-state index is -0.250. The molecule has 2 aliphatic heterocycles. The van der Waals surface area contributed by atoms with Crippen molar-refractivity contribution in [3.05, 3.63) is 65.6 Å². The third-order valence-electron chi connectivity index (χ3n) is 6.10. The Bertz CT molecular complexity index is 878. The molecule has 0 aromatic heterocycles. The summed E-state index contributed by atoms with van der Waals surface area (Å²) in [5.41, 5.74) is 6.64. The summed E-state index contributed by atoms with van der Waals surface area (Å²) >= 11 is 6.17. The molecule has 166 valence electrons. The van der Waals surface area contributed by atoms with Crippen LogP contribution in [-0.2, 0) is 0 Å². The zero-order valence-electron chi connectivity index (χ0n) is 18.1. The number of anilines is 1. The molecule has 4 unspecified atom stereocenters. The second kappa shape index (κ2) is 9.66. The van der Waals surface area contributed by atoms with Crippen molar-refractivity contribution in [2.24, 2.45) is 16.6 Å². The standard InChI is InChI=1S/C23H32ClN7/c1-16(2)21-14-30(22-13-26-19-8-3-4-9-20(19)29-22)10-11-31(21)23(27-15-25)28-18-7-5-6-17(24)12-18/h3-9,12-13,15-16,19-21,23,26,28-29H,10-11,14H2,1-2H3,(H2,25,27). The molecular formula is C23H32ClN7. The normalized spacial score (nSPS) is 26.9. The molecule has 2 heterocycles. The number of hydrogen-bond donors (Lipinski definition) is 4. The number of nitrogens with one attached hydrogen (secondary N) is 3. The third kappa shape index (κ3) is 4.99. The summed E-state index contributed by atoms with van der Waals surface area (Å²) in [5.74, 6) is 1.59. The summed E-state index contributed by atoms with van der Waals surface area (Å²) in [6, 6.07) is 8.59. The molecule has 0 amide bonds. The van der Waals surface area contributed by atoms with Crippen molar-refractivity contribution >= 4 is 23.6 Å². The monoisotopic (exact) mass is 441 g/mol. The highest BCUT2D eigenvalue weighted by molar-refractivity contribution is 6.30. The fraction of sp³-hybridized carbons (Fsp3) is 0.435. The van der Waals surface area contributed by atoms with Gasteiger partial charge in [-0.1, -0.05) is 55.8 Å². The maximum atomic E-state index is 6.17. The van der Waals surface area contributed by atoms with Gasteiger partial charge in [-0.25, -0.2) is 4.99 Å². The van der Waals surface area contributed by atoms with Crippen molar-refractivity contribution in [3.8, 4) is 0 Å². The van der Waals surface area contributed by atoms with E-state index in [0.717, 1.165) is 31.1 Å². The lowest BCUT2D eigenvalue weighted by Gasteiger charge is -2.48. The van der Waals surface area contributed by atoms with Crippen molar-refractivity contribution in [3.63, 3.8) is 0 Å². The average molecular weight is 442 g/mol. The van der Waals surface area contributed by atoms with E-state index >= 15 is 0 Å². The molecule has 1 fully saturated rings. The molecule has 0 saturated carbocycles. The molecular weight excluding hydrogens is 410 g/mol. The molecule has 31 heavy (non-hydrogen) atoms. The predicted octanol–water partition coefficient (Wildman–Crippen LogP) is 2.52. The fourth-order valence-corrected chi connectivity index (χ4v) is 4.62. The zero-order chi connectivity index (χ0) is 21.8. The largest absolute Gasteiger partial charge is 0.390 e. The smallest absolute Gasteiger partial charge is 0.178 e. The van der Waals surface area contributed by atoms with Gasteiger partial charge in [-0.05, 0) is 24.1 Å². The van der Waals surface area contributed by atoms with E-state index in [1.165, 1.54) is 6.34 Å². The van der Waals surface area contributed by atoms with Crippen LogP contribution in [0.4, 0.5) is 5.69 Å². The van der Waals surface area contributed by atoms with Crippen LogP contribution in [0.1, 0.15) is 13.8 Å². The van der Waals surface area contributed by atoms with Gasteiger partial charge < -0.3 is 26.6 Å². The Balaban J connectivity index is 1.48. The van der Waals surface area contributed by atoms with Gasteiger partial charge in [0.05, 0.1) is 18.4 Å². The molecule has 1 saturated heterocycles. The number of halogens is 1. The van der Waals surface area contributed by atoms with Gasteiger partial charge in [0.15, 0.2) is 6.29 Å². The molecule has 0 spiro atoms. The molecule has 0 bridgehead atoms. The number of aliphatic imine (C=N–C) groups is 1. The van der Waals surface area contributed by atoms with Crippen molar-refractivity contribution in [1.82, 2.24) is 20.4 Å². The van der Waals surface area contributed by atoms with Crippen LogP contribution in [0, 0.1) is 5.92 Å². The zero-order valence-corrected chi connectivity index (χ0v) is 18.8. The van der Waals surface area contributed by atoms with Gasteiger partial charge in [0.2, 0.25) is 0 Å². The number of rotatable bonds is 6. The quantitative estimate of drug-likeness (QED) is 0.401. The van der Waals surface area contributed by atoms with E-state index in [0.29, 0.717) is 23.0 Å². The van der Waals surface area contributed by atoms with E-state index in [1.54, 1.807) is 0 Å². The van der Waals surface area contributed by atoms with Gasteiger partial charge in [0.25, 0.3) is 0 Å². The molecule has 7 nitrogen and oxygen atoms in total. The molecule has 4 rings (SSSR count). The Morgan fingerprint density at radius 2 is 2.03 bits per heavy atom. The topological polar surface area (TPSA) is 81.0 Å². The van der Waals surface area contributed by atoms with E-state index < -0.39 is 0 Å². The summed E-state index contributed by atoms with van der Waals surface area (Å²) in [7, 11) is 0. The van der Waals surface area contributed by atoms with Crippen LogP contribution in [-0.4, -0.2) is 60.2 Å². The molecule has 8 heteroatoms. The van der Waals surface area contributed by atoms with Crippen LogP contribution < -0.4 is 21.7 Å². The number of hydrogen-bond acceptors (Lipinski definition) is 6. The average Bonchev–Trinajstić information content (AvgIpc) is 2.78.